The SMILES string of the molecule is COc1ccc(Nc2cccc(-c3c(C)nc4ccccn34)n2)cc1Cl. The Morgan fingerprint density at radius 2 is 1.92 bits per heavy atom. The van der Waals surface area contributed by atoms with Gasteiger partial charge in [-0.15, -0.1) is 0 Å². The van der Waals surface area contributed by atoms with Gasteiger partial charge >= 0.3 is 0 Å². The summed E-state index contributed by atoms with van der Waals surface area (Å²) in [6.07, 6.45) is 2.00. The fourth-order valence-corrected chi connectivity index (χ4v) is 3.21. The van der Waals surface area contributed by atoms with Crippen molar-refractivity contribution in [2.45, 2.75) is 6.92 Å². The second kappa shape index (κ2) is 6.69. The molecule has 26 heavy (non-hydrogen) atoms. The number of hydrogen-bond donors (Lipinski definition) is 1. The van der Waals surface area contributed by atoms with Crippen molar-refractivity contribution in [1.82, 2.24) is 14.4 Å². The number of ether oxygens (including phenoxy) is 1. The molecule has 4 aromatic rings. The number of nitrogens with zero attached hydrogens (tertiary/aromatic N) is 3. The summed E-state index contributed by atoms with van der Waals surface area (Å²) in [7, 11) is 1.59. The van der Waals surface area contributed by atoms with Crippen LogP contribution in [0.2, 0.25) is 5.02 Å². The molecule has 0 spiro atoms. The minimum atomic E-state index is 0.547. The average molecular weight is 365 g/mol. The van der Waals surface area contributed by atoms with E-state index in [-0.39, 0.29) is 0 Å². The Bertz CT molecular complexity index is 1090. The van der Waals surface area contributed by atoms with Crippen molar-refractivity contribution < 1.29 is 4.74 Å². The third-order valence-corrected chi connectivity index (χ3v) is 4.42. The number of imidazole rings is 1. The minimum Gasteiger partial charge on any atom is -0.495 e. The van der Waals surface area contributed by atoms with Crippen molar-refractivity contribution in [3.8, 4) is 17.1 Å². The van der Waals surface area contributed by atoms with Gasteiger partial charge in [-0.3, -0.25) is 4.40 Å². The molecule has 0 bridgehead atoms. The number of aromatic nitrogens is 3. The first-order chi connectivity index (χ1) is 12.7. The van der Waals surface area contributed by atoms with Gasteiger partial charge in [0.2, 0.25) is 0 Å². The summed E-state index contributed by atoms with van der Waals surface area (Å²) >= 11 is 6.20. The molecule has 0 radical (unpaired) electrons. The number of anilines is 2. The number of rotatable bonds is 4. The fraction of sp³-hybridized carbons (Fsp3) is 0.100. The first-order valence-corrected chi connectivity index (χ1v) is 8.55. The van der Waals surface area contributed by atoms with Gasteiger partial charge in [0.05, 0.1) is 29.2 Å². The summed E-state index contributed by atoms with van der Waals surface area (Å²) in [5.74, 6) is 1.37. The zero-order valence-electron chi connectivity index (χ0n) is 14.4. The molecular formula is C20H17ClN4O. The first kappa shape index (κ1) is 16.4. The van der Waals surface area contributed by atoms with E-state index in [4.69, 9.17) is 21.3 Å². The van der Waals surface area contributed by atoms with Crippen molar-refractivity contribution >= 4 is 28.8 Å². The fourth-order valence-electron chi connectivity index (χ4n) is 2.95. The molecule has 0 fully saturated rings. The molecule has 0 saturated carbocycles. The van der Waals surface area contributed by atoms with E-state index in [1.54, 1.807) is 7.11 Å². The molecule has 0 amide bonds. The van der Waals surface area contributed by atoms with Crippen LogP contribution >= 0.6 is 11.6 Å². The van der Waals surface area contributed by atoms with Crippen molar-refractivity contribution in [1.29, 1.82) is 0 Å². The van der Waals surface area contributed by atoms with E-state index in [1.807, 2.05) is 72.1 Å². The molecule has 1 N–H and O–H groups in total. The first-order valence-electron chi connectivity index (χ1n) is 8.17. The predicted octanol–water partition coefficient (Wildman–Crippen LogP) is 5.11. The molecule has 3 aromatic heterocycles. The summed E-state index contributed by atoms with van der Waals surface area (Å²) in [5.41, 5.74) is 4.52. The smallest absolute Gasteiger partial charge is 0.137 e. The second-order valence-electron chi connectivity index (χ2n) is 5.86. The number of aryl methyl sites for hydroxylation is 1. The van der Waals surface area contributed by atoms with Crippen LogP contribution in [0.5, 0.6) is 5.75 Å². The van der Waals surface area contributed by atoms with Crippen LogP contribution in [0, 0.1) is 6.92 Å². The number of nitrogens with one attached hydrogen (secondary N) is 1. The third kappa shape index (κ3) is 2.97. The van der Waals surface area contributed by atoms with E-state index in [1.165, 1.54) is 0 Å². The Balaban J connectivity index is 1.71. The van der Waals surface area contributed by atoms with Crippen LogP contribution in [0.15, 0.2) is 60.8 Å². The highest BCUT2D eigenvalue weighted by Crippen LogP contribution is 2.29. The Labute approximate surface area is 156 Å². The van der Waals surface area contributed by atoms with E-state index in [2.05, 4.69) is 10.3 Å². The summed E-state index contributed by atoms with van der Waals surface area (Å²) in [6.45, 7) is 1.99. The van der Waals surface area contributed by atoms with E-state index < -0.39 is 0 Å². The molecular weight excluding hydrogens is 348 g/mol. The number of halogens is 1. The Kier molecular flexibility index (Phi) is 4.22. The lowest BCUT2D eigenvalue weighted by Crippen LogP contribution is -1.97. The van der Waals surface area contributed by atoms with Gasteiger partial charge < -0.3 is 10.1 Å². The standard InChI is InChI=1S/C20H17ClN4O/c1-13-20(25-11-4-3-8-19(25)22-13)16-6-5-7-18(24-16)23-14-9-10-17(26-2)15(21)12-14/h3-12H,1-2H3,(H,23,24). The van der Waals surface area contributed by atoms with Crippen LogP contribution < -0.4 is 10.1 Å². The maximum atomic E-state index is 6.20. The zero-order chi connectivity index (χ0) is 18.1. The minimum absolute atomic E-state index is 0.547. The monoisotopic (exact) mass is 364 g/mol. The highest BCUT2D eigenvalue weighted by molar-refractivity contribution is 6.32. The van der Waals surface area contributed by atoms with Crippen LogP contribution in [0.4, 0.5) is 11.5 Å². The number of methoxy groups -OCH3 is 1. The molecule has 3 heterocycles. The quantitative estimate of drug-likeness (QED) is 0.546. The average Bonchev–Trinajstić information content (AvgIpc) is 2.98. The van der Waals surface area contributed by atoms with Crippen LogP contribution in [0.25, 0.3) is 17.0 Å². The molecule has 1 aromatic carbocycles. The van der Waals surface area contributed by atoms with Gasteiger partial charge in [-0.05, 0) is 49.4 Å². The third-order valence-electron chi connectivity index (χ3n) is 4.12. The maximum absolute atomic E-state index is 6.20. The number of pyridine rings is 2. The van der Waals surface area contributed by atoms with Crippen molar-refractivity contribution in [3.63, 3.8) is 0 Å². The molecule has 0 unspecified atom stereocenters. The maximum Gasteiger partial charge on any atom is 0.137 e. The van der Waals surface area contributed by atoms with Gasteiger partial charge in [0.25, 0.3) is 0 Å². The summed E-state index contributed by atoms with van der Waals surface area (Å²) < 4.78 is 7.23. The predicted molar refractivity (Wildman–Crippen MR) is 104 cm³/mol. The van der Waals surface area contributed by atoms with Crippen LogP contribution in [-0.2, 0) is 0 Å². The molecule has 5 nitrogen and oxygen atoms in total. The molecule has 6 heteroatoms. The van der Waals surface area contributed by atoms with Gasteiger partial charge in [0, 0.05) is 11.9 Å². The Hall–Kier alpha value is -3.05. The van der Waals surface area contributed by atoms with Crippen LogP contribution in [0.3, 0.4) is 0 Å². The van der Waals surface area contributed by atoms with E-state index in [9.17, 15) is 0 Å². The van der Waals surface area contributed by atoms with Gasteiger partial charge in [-0.25, -0.2) is 9.97 Å². The number of fused-ring (bicyclic) bond motifs is 1. The number of benzene rings is 1. The summed E-state index contributed by atoms with van der Waals surface area (Å²) in [5, 5.41) is 3.83. The van der Waals surface area contributed by atoms with E-state index in [0.29, 0.717) is 10.8 Å². The normalized spacial score (nSPS) is 10.9. The molecule has 0 aliphatic carbocycles. The van der Waals surface area contributed by atoms with E-state index in [0.717, 1.165) is 34.2 Å². The van der Waals surface area contributed by atoms with Gasteiger partial charge in [0.15, 0.2) is 0 Å². The van der Waals surface area contributed by atoms with Crippen molar-refractivity contribution in [2.75, 3.05) is 12.4 Å². The molecule has 0 saturated heterocycles. The van der Waals surface area contributed by atoms with Crippen LogP contribution in [-0.4, -0.2) is 21.5 Å². The van der Waals surface area contributed by atoms with E-state index >= 15 is 0 Å². The molecule has 0 aliphatic heterocycles. The zero-order valence-corrected chi connectivity index (χ0v) is 15.2. The topological polar surface area (TPSA) is 51.5 Å². The molecule has 4 rings (SSSR count). The number of hydrogen-bond acceptors (Lipinski definition) is 4. The lowest BCUT2D eigenvalue weighted by Gasteiger charge is -2.10. The van der Waals surface area contributed by atoms with Gasteiger partial charge in [-0.1, -0.05) is 23.7 Å². The van der Waals surface area contributed by atoms with Gasteiger partial charge in [0.1, 0.15) is 17.2 Å². The molecule has 0 atom stereocenters. The Morgan fingerprint density at radius 1 is 1.04 bits per heavy atom. The summed E-state index contributed by atoms with van der Waals surface area (Å²) in [4.78, 5) is 9.35. The van der Waals surface area contributed by atoms with Crippen LogP contribution in [0.1, 0.15) is 5.69 Å². The highest BCUT2D eigenvalue weighted by Gasteiger charge is 2.12. The van der Waals surface area contributed by atoms with Gasteiger partial charge in [-0.2, -0.15) is 0 Å². The molecule has 130 valence electrons. The highest BCUT2D eigenvalue weighted by atomic mass is 35.5. The van der Waals surface area contributed by atoms with Crippen molar-refractivity contribution in [2.24, 2.45) is 0 Å². The van der Waals surface area contributed by atoms with Crippen molar-refractivity contribution in [3.05, 3.63) is 71.5 Å². The lowest BCUT2D eigenvalue weighted by molar-refractivity contribution is 0.415. The largest absolute Gasteiger partial charge is 0.495 e. The Morgan fingerprint density at radius 3 is 2.73 bits per heavy atom. The lowest BCUT2D eigenvalue weighted by atomic mass is 10.2. The second-order valence-corrected chi connectivity index (χ2v) is 6.26. The summed E-state index contributed by atoms with van der Waals surface area (Å²) in [6, 6.07) is 17.4. The molecule has 0 aliphatic rings.